The lowest BCUT2D eigenvalue weighted by Gasteiger charge is -2.29. The third kappa shape index (κ3) is 15.0. The van der Waals surface area contributed by atoms with Crippen LogP contribution in [0.3, 0.4) is 0 Å². The molecule has 0 saturated heterocycles. The number of ether oxygens (including phenoxy) is 1. The Morgan fingerprint density at radius 3 is 1.44 bits per heavy atom. The summed E-state index contributed by atoms with van der Waals surface area (Å²) in [5, 5.41) is 9.54. The first-order chi connectivity index (χ1) is 16.6. The van der Waals surface area contributed by atoms with Gasteiger partial charge in [-0.15, -0.1) is 0 Å². The first kappa shape index (κ1) is 31.0. The van der Waals surface area contributed by atoms with Gasteiger partial charge in [-0.1, -0.05) is 123 Å². The fraction of sp³-hybridized carbons (Fsp3) is 0.933. The quantitative estimate of drug-likeness (QED) is 0.124. The normalized spacial score (nSPS) is 19.1. The number of carboxylic acid groups (broad SMARTS) is 1. The lowest BCUT2D eigenvalue weighted by atomic mass is 9.79. The summed E-state index contributed by atoms with van der Waals surface area (Å²) in [5.74, 6) is -2.08. The lowest BCUT2D eigenvalue weighted by Crippen LogP contribution is -2.35. The van der Waals surface area contributed by atoms with Gasteiger partial charge < -0.3 is 9.84 Å². The molecule has 0 aromatic heterocycles. The van der Waals surface area contributed by atoms with Crippen LogP contribution >= 0.6 is 0 Å². The van der Waals surface area contributed by atoms with Crippen LogP contribution in [0.5, 0.6) is 0 Å². The smallest absolute Gasteiger partial charge is 0.310 e. The second-order valence-electron chi connectivity index (χ2n) is 10.8. The van der Waals surface area contributed by atoms with Crippen molar-refractivity contribution in [2.75, 3.05) is 0 Å². The highest BCUT2D eigenvalue weighted by Crippen LogP contribution is 2.32. The standard InChI is InChI=1S/C30H56O4/c1-3-5-7-9-11-12-13-14-15-17-19-23-26(22-18-16-10-8-6-4-2)34-30(33)28-25-21-20-24-27(28)29(31)32/h26-28H,3-25H2,1-2H3,(H,31,32). The second kappa shape index (κ2) is 21.2. The summed E-state index contributed by atoms with van der Waals surface area (Å²) >= 11 is 0. The highest BCUT2D eigenvalue weighted by molar-refractivity contribution is 5.81. The predicted molar refractivity (Wildman–Crippen MR) is 142 cm³/mol. The molecular weight excluding hydrogens is 424 g/mol. The minimum Gasteiger partial charge on any atom is -0.481 e. The number of rotatable bonds is 22. The molecule has 1 N–H and O–H groups in total. The SMILES string of the molecule is CCCCCCCCCCCCCC(CCCCCCCC)OC(=O)C1CCCCC1C(=O)O. The Balaban J connectivity index is 2.34. The maximum atomic E-state index is 12.9. The van der Waals surface area contributed by atoms with Crippen molar-refractivity contribution in [3.63, 3.8) is 0 Å². The molecule has 3 unspecified atom stereocenters. The van der Waals surface area contributed by atoms with Crippen LogP contribution in [0.15, 0.2) is 0 Å². The molecule has 0 aliphatic heterocycles. The summed E-state index contributed by atoms with van der Waals surface area (Å²) in [6.45, 7) is 4.50. The lowest BCUT2D eigenvalue weighted by molar-refractivity contribution is -0.164. The number of esters is 1. The van der Waals surface area contributed by atoms with Gasteiger partial charge in [-0.05, 0) is 38.5 Å². The van der Waals surface area contributed by atoms with E-state index in [1.807, 2.05) is 0 Å². The van der Waals surface area contributed by atoms with Gasteiger partial charge in [-0.3, -0.25) is 9.59 Å². The van der Waals surface area contributed by atoms with Crippen molar-refractivity contribution in [2.24, 2.45) is 11.8 Å². The topological polar surface area (TPSA) is 63.6 Å². The summed E-state index contributed by atoms with van der Waals surface area (Å²) in [6, 6.07) is 0. The molecule has 1 saturated carbocycles. The van der Waals surface area contributed by atoms with E-state index in [-0.39, 0.29) is 12.1 Å². The first-order valence-corrected chi connectivity index (χ1v) is 15.0. The molecule has 200 valence electrons. The Morgan fingerprint density at radius 2 is 1.03 bits per heavy atom. The highest BCUT2D eigenvalue weighted by atomic mass is 16.5. The molecule has 1 aliphatic rings. The van der Waals surface area contributed by atoms with Crippen molar-refractivity contribution in [3.05, 3.63) is 0 Å². The minimum absolute atomic E-state index is 0.0337. The van der Waals surface area contributed by atoms with Gasteiger partial charge in [0.05, 0.1) is 11.8 Å². The number of carbonyl (C=O) groups is 2. The Morgan fingerprint density at radius 1 is 0.647 bits per heavy atom. The van der Waals surface area contributed by atoms with Crippen LogP contribution in [0.4, 0.5) is 0 Å². The molecule has 0 bridgehead atoms. The Hall–Kier alpha value is -1.06. The maximum absolute atomic E-state index is 12.9. The van der Waals surface area contributed by atoms with Crippen LogP contribution in [0.2, 0.25) is 0 Å². The van der Waals surface area contributed by atoms with Gasteiger partial charge in [-0.2, -0.15) is 0 Å². The number of aliphatic carboxylic acids is 1. The molecule has 3 atom stereocenters. The summed E-state index contributed by atoms with van der Waals surface area (Å²) in [4.78, 5) is 24.5. The van der Waals surface area contributed by atoms with Gasteiger partial charge in [0.2, 0.25) is 0 Å². The zero-order chi connectivity index (χ0) is 24.9. The van der Waals surface area contributed by atoms with Gasteiger partial charge in [0, 0.05) is 0 Å². The van der Waals surface area contributed by atoms with E-state index in [2.05, 4.69) is 13.8 Å². The first-order valence-electron chi connectivity index (χ1n) is 15.0. The van der Waals surface area contributed by atoms with Crippen LogP contribution in [0.25, 0.3) is 0 Å². The molecule has 4 nitrogen and oxygen atoms in total. The molecule has 1 fully saturated rings. The Bertz CT molecular complexity index is 504. The third-order valence-electron chi connectivity index (χ3n) is 7.68. The second-order valence-corrected chi connectivity index (χ2v) is 10.8. The van der Waals surface area contributed by atoms with Crippen LogP contribution in [0.1, 0.15) is 162 Å². The summed E-state index contributed by atoms with van der Waals surface area (Å²) < 4.78 is 5.99. The van der Waals surface area contributed by atoms with Crippen LogP contribution in [0, 0.1) is 11.8 Å². The van der Waals surface area contributed by atoms with Crippen molar-refractivity contribution in [2.45, 2.75) is 168 Å². The zero-order valence-corrected chi connectivity index (χ0v) is 22.7. The highest BCUT2D eigenvalue weighted by Gasteiger charge is 2.37. The molecule has 34 heavy (non-hydrogen) atoms. The molecule has 0 radical (unpaired) electrons. The number of unbranched alkanes of at least 4 members (excludes halogenated alkanes) is 15. The van der Waals surface area contributed by atoms with Gasteiger partial charge in [-0.25, -0.2) is 0 Å². The van der Waals surface area contributed by atoms with Crippen molar-refractivity contribution in [1.82, 2.24) is 0 Å². The maximum Gasteiger partial charge on any atom is 0.310 e. The molecule has 1 rings (SSSR count). The fourth-order valence-electron chi connectivity index (χ4n) is 5.41. The third-order valence-corrected chi connectivity index (χ3v) is 7.68. The van der Waals surface area contributed by atoms with Crippen molar-refractivity contribution in [1.29, 1.82) is 0 Å². The summed E-state index contributed by atoms with van der Waals surface area (Å²) in [7, 11) is 0. The Labute approximate surface area is 211 Å². The predicted octanol–water partition coefficient (Wildman–Crippen LogP) is 9.24. The molecular formula is C30H56O4. The number of hydrogen-bond donors (Lipinski definition) is 1. The number of carbonyl (C=O) groups excluding carboxylic acids is 1. The summed E-state index contributed by atoms with van der Waals surface area (Å²) in [6.07, 6.45) is 26.8. The zero-order valence-electron chi connectivity index (χ0n) is 22.7. The van der Waals surface area contributed by atoms with Crippen molar-refractivity contribution < 1.29 is 19.4 Å². The largest absolute Gasteiger partial charge is 0.481 e. The molecule has 1 aliphatic carbocycles. The summed E-state index contributed by atoms with van der Waals surface area (Å²) in [5.41, 5.74) is 0. The molecule has 0 spiro atoms. The van der Waals surface area contributed by atoms with E-state index in [9.17, 15) is 14.7 Å². The molecule has 0 heterocycles. The van der Waals surface area contributed by atoms with Crippen LogP contribution in [-0.2, 0) is 14.3 Å². The number of carboxylic acids is 1. The molecule has 0 aromatic rings. The van der Waals surface area contributed by atoms with Gasteiger partial charge in [0.15, 0.2) is 0 Å². The van der Waals surface area contributed by atoms with Crippen molar-refractivity contribution in [3.8, 4) is 0 Å². The van der Waals surface area contributed by atoms with Gasteiger partial charge >= 0.3 is 11.9 Å². The molecule has 0 aromatic carbocycles. The van der Waals surface area contributed by atoms with Crippen molar-refractivity contribution >= 4 is 11.9 Å². The molecule has 4 heteroatoms. The average Bonchev–Trinajstić information content (AvgIpc) is 2.84. The van der Waals surface area contributed by atoms with Crippen LogP contribution < -0.4 is 0 Å². The van der Waals surface area contributed by atoms with E-state index in [1.165, 1.54) is 96.3 Å². The van der Waals surface area contributed by atoms with E-state index >= 15 is 0 Å². The van der Waals surface area contributed by atoms with E-state index < -0.39 is 17.8 Å². The van der Waals surface area contributed by atoms with E-state index in [0.717, 1.165) is 38.5 Å². The van der Waals surface area contributed by atoms with E-state index in [0.29, 0.717) is 12.8 Å². The Kier molecular flexibility index (Phi) is 19.3. The van der Waals surface area contributed by atoms with E-state index in [4.69, 9.17) is 4.74 Å². The van der Waals surface area contributed by atoms with Gasteiger partial charge in [0.25, 0.3) is 0 Å². The average molecular weight is 481 g/mol. The fourth-order valence-corrected chi connectivity index (χ4v) is 5.41. The van der Waals surface area contributed by atoms with Crippen LogP contribution in [-0.4, -0.2) is 23.1 Å². The number of hydrogen-bond acceptors (Lipinski definition) is 3. The monoisotopic (exact) mass is 480 g/mol. The molecule has 0 amide bonds. The minimum atomic E-state index is -0.834. The van der Waals surface area contributed by atoms with E-state index in [1.54, 1.807) is 0 Å². The van der Waals surface area contributed by atoms with Gasteiger partial charge in [0.1, 0.15) is 6.10 Å².